The van der Waals surface area contributed by atoms with E-state index in [1.807, 2.05) is 0 Å². The number of allylic oxidation sites excluding steroid dienone is 8. The Labute approximate surface area is 338 Å². The molecule has 0 saturated carbocycles. The molecule has 56 heavy (non-hydrogen) atoms. The Bertz CT molecular complexity index is 1790. The fourth-order valence-electron chi connectivity index (χ4n) is 8.20. The van der Waals surface area contributed by atoms with Gasteiger partial charge in [0, 0.05) is 67.5 Å². The van der Waals surface area contributed by atoms with Crippen molar-refractivity contribution in [2.75, 3.05) is 64.7 Å². The molecule has 7 nitrogen and oxygen atoms in total. The van der Waals surface area contributed by atoms with Gasteiger partial charge < -0.3 is 24.4 Å². The van der Waals surface area contributed by atoms with E-state index in [4.69, 9.17) is 14.2 Å². The Kier molecular flexibility index (Phi) is 15.5. The molecule has 0 saturated heterocycles. The summed E-state index contributed by atoms with van der Waals surface area (Å²) < 4.78 is 19.3. The summed E-state index contributed by atoms with van der Waals surface area (Å²) in [7, 11) is 2.19. The van der Waals surface area contributed by atoms with Crippen LogP contribution in [0.5, 0.6) is 0 Å². The van der Waals surface area contributed by atoms with Gasteiger partial charge in [-0.2, -0.15) is 4.58 Å². The van der Waals surface area contributed by atoms with Gasteiger partial charge in [0.15, 0.2) is 5.71 Å². The number of carbonyl (C=O) groups is 1. The standard InChI is InChI=1S/C49H69N3O4/c1-47(2,3)28-31-54-33-35-56-36-34-55-32-29-50-46(53)23-10-9-15-30-52-43-22-14-12-20-41(43)49(6,7)45(52)27-25-39-18-16-17-38(37-39)24-26-44-48(4,5)40-19-11-13-21-42(40)51(44)8/h11-14,19-22,24-27,37H,9-10,15-18,23,28-36H2,1-8H3/p+1. The summed E-state index contributed by atoms with van der Waals surface area (Å²) in [6.45, 7) is 21.0. The van der Waals surface area contributed by atoms with Crippen molar-refractivity contribution in [3.05, 3.63) is 107 Å². The molecule has 0 aromatic heterocycles. The second-order valence-corrected chi connectivity index (χ2v) is 17.9. The molecule has 0 bridgehead atoms. The predicted molar refractivity (Wildman–Crippen MR) is 232 cm³/mol. The number of fused-ring (bicyclic) bond motifs is 2. The van der Waals surface area contributed by atoms with Gasteiger partial charge in [-0.05, 0) is 86.6 Å². The lowest BCUT2D eigenvalue weighted by atomic mass is 9.81. The van der Waals surface area contributed by atoms with Crippen molar-refractivity contribution in [3.63, 3.8) is 0 Å². The summed E-state index contributed by atoms with van der Waals surface area (Å²) in [6.07, 6.45) is 19.7. The van der Waals surface area contributed by atoms with Crippen LogP contribution in [-0.4, -0.2) is 76.0 Å². The number of nitrogens with zero attached hydrogens (tertiary/aromatic N) is 2. The molecule has 1 aliphatic carbocycles. The Morgan fingerprint density at radius 3 is 2.21 bits per heavy atom. The number of anilines is 1. The molecule has 5 rings (SSSR count). The first-order valence-electron chi connectivity index (χ1n) is 21.2. The number of unbranched alkanes of at least 4 members (excludes halogenated alkanes) is 2. The number of hydrogen-bond acceptors (Lipinski definition) is 5. The van der Waals surface area contributed by atoms with Crippen LogP contribution in [0.25, 0.3) is 0 Å². The van der Waals surface area contributed by atoms with E-state index in [1.54, 1.807) is 0 Å². The summed E-state index contributed by atoms with van der Waals surface area (Å²) in [5, 5.41) is 3.00. The maximum absolute atomic E-state index is 12.5. The zero-order valence-electron chi connectivity index (χ0n) is 35.8. The van der Waals surface area contributed by atoms with Crippen LogP contribution in [0.1, 0.15) is 111 Å². The van der Waals surface area contributed by atoms with E-state index < -0.39 is 0 Å². The van der Waals surface area contributed by atoms with Crippen molar-refractivity contribution in [2.45, 2.75) is 111 Å². The normalized spacial score (nSPS) is 18.9. The highest BCUT2D eigenvalue weighted by Gasteiger charge is 2.44. The molecule has 0 unspecified atom stereocenters. The second-order valence-electron chi connectivity index (χ2n) is 17.9. The third-order valence-electron chi connectivity index (χ3n) is 11.5. The third kappa shape index (κ3) is 11.6. The summed E-state index contributed by atoms with van der Waals surface area (Å²) in [6, 6.07) is 17.6. The first kappa shape index (κ1) is 43.3. The topological polar surface area (TPSA) is 63.0 Å². The van der Waals surface area contributed by atoms with Crippen LogP contribution in [0.15, 0.2) is 95.8 Å². The number of hydrogen-bond donors (Lipinski definition) is 1. The van der Waals surface area contributed by atoms with Crippen LogP contribution in [0.3, 0.4) is 0 Å². The maximum atomic E-state index is 12.5. The fourth-order valence-corrected chi connectivity index (χ4v) is 8.20. The monoisotopic (exact) mass is 765 g/mol. The van der Waals surface area contributed by atoms with Crippen molar-refractivity contribution < 1.29 is 23.6 Å². The lowest BCUT2D eigenvalue weighted by Gasteiger charge is -2.24. The molecule has 0 radical (unpaired) electrons. The summed E-state index contributed by atoms with van der Waals surface area (Å²) >= 11 is 0. The predicted octanol–water partition coefficient (Wildman–Crippen LogP) is 10.1. The van der Waals surface area contributed by atoms with Crippen LogP contribution in [0.4, 0.5) is 11.4 Å². The third-order valence-corrected chi connectivity index (χ3v) is 11.5. The smallest absolute Gasteiger partial charge is 0.220 e. The molecule has 1 amide bonds. The highest BCUT2D eigenvalue weighted by Crippen LogP contribution is 2.47. The molecular weight excluding hydrogens is 695 g/mol. The molecule has 2 aromatic rings. The van der Waals surface area contributed by atoms with Gasteiger partial charge in [-0.25, -0.2) is 0 Å². The van der Waals surface area contributed by atoms with Gasteiger partial charge in [-0.15, -0.1) is 0 Å². The summed E-state index contributed by atoms with van der Waals surface area (Å²) in [5.74, 6) is 0.0922. The maximum Gasteiger partial charge on any atom is 0.220 e. The minimum Gasteiger partial charge on any atom is -0.379 e. The van der Waals surface area contributed by atoms with Crippen LogP contribution < -0.4 is 10.2 Å². The van der Waals surface area contributed by atoms with Crippen molar-refractivity contribution >= 4 is 23.0 Å². The minimum absolute atomic E-state index is 0.0209. The van der Waals surface area contributed by atoms with Crippen LogP contribution in [0, 0.1) is 5.41 Å². The van der Waals surface area contributed by atoms with E-state index in [1.165, 1.54) is 45.1 Å². The number of para-hydroxylation sites is 2. The SMILES string of the molecule is CN1/C(=C/C=C2C=C(/C=C/C3=[N+](CCCCCC(=O)NCCOCCOCCOCCC(C)(C)C)c4ccccc4C3(C)C)CCC/2)C(C)(C)c2ccccc21. The number of nitrogens with one attached hydrogen (secondary N) is 1. The van der Waals surface area contributed by atoms with Crippen molar-refractivity contribution in [2.24, 2.45) is 5.41 Å². The molecule has 3 aliphatic rings. The van der Waals surface area contributed by atoms with Crippen LogP contribution >= 0.6 is 0 Å². The zero-order valence-corrected chi connectivity index (χ0v) is 35.8. The number of likely N-dealkylation sites (N-methyl/N-ethyl adjacent to an activating group) is 1. The number of benzene rings is 2. The van der Waals surface area contributed by atoms with Gasteiger partial charge in [-0.3, -0.25) is 4.79 Å². The molecule has 0 spiro atoms. The van der Waals surface area contributed by atoms with Crippen LogP contribution in [-0.2, 0) is 29.8 Å². The summed E-state index contributed by atoms with van der Waals surface area (Å²) in [4.78, 5) is 14.8. The van der Waals surface area contributed by atoms with Crippen molar-refractivity contribution in [3.8, 4) is 0 Å². The van der Waals surface area contributed by atoms with Gasteiger partial charge in [0.2, 0.25) is 11.6 Å². The van der Waals surface area contributed by atoms with Gasteiger partial charge in [0.25, 0.3) is 0 Å². The molecule has 2 heterocycles. The van der Waals surface area contributed by atoms with Crippen LogP contribution in [0.2, 0.25) is 0 Å². The van der Waals surface area contributed by atoms with Gasteiger partial charge in [0.1, 0.15) is 6.54 Å². The highest BCUT2D eigenvalue weighted by molar-refractivity contribution is 6.03. The van der Waals surface area contributed by atoms with E-state index in [2.05, 4.69) is 149 Å². The molecule has 2 aliphatic heterocycles. The first-order valence-corrected chi connectivity index (χ1v) is 21.2. The molecule has 2 aromatic carbocycles. The van der Waals surface area contributed by atoms with E-state index in [0.717, 1.165) is 58.1 Å². The Balaban J connectivity index is 1.08. The van der Waals surface area contributed by atoms with E-state index in [-0.39, 0.29) is 16.7 Å². The van der Waals surface area contributed by atoms with Gasteiger partial charge >= 0.3 is 0 Å². The first-order chi connectivity index (χ1) is 26.8. The van der Waals surface area contributed by atoms with Crippen molar-refractivity contribution in [1.82, 2.24) is 5.32 Å². The van der Waals surface area contributed by atoms with E-state index in [9.17, 15) is 4.79 Å². The summed E-state index contributed by atoms with van der Waals surface area (Å²) in [5.41, 5.74) is 11.0. The average Bonchev–Trinajstić information content (AvgIpc) is 3.50. The molecule has 0 fully saturated rings. The van der Waals surface area contributed by atoms with Gasteiger partial charge in [0.05, 0.1) is 38.4 Å². The Morgan fingerprint density at radius 1 is 0.804 bits per heavy atom. The minimum atomic E-state index is -0.0898. The van der Waals surface area contributed by atoms with Gasteiger partial charge in [-0.1, -0.05) is 89.2 Å². The van der Waals surface area contributed by atoms with Crippen molar-refractivity contribution in [1.29, 1.82) is 0 Å². The largest absolute Gasteiger partial charge is 0.379 e. The molecule has 7 heteroatoms. The number of amides is 1. The highest BCUT2D eigenvalue weighted by atomic mass is 16.5. The number of ether oxygens (including phenoxy) is 3. The number of carbonyl (C=O) groups excluding carboxylic acids is 1. The number of rotatable bonds is 20. The van der Waals surface area contributed by atoms with E-state index >= 15 is 0 Å². The fraction of sp³-hybridized carbons (Fsp3) is 0.551. The molecule has 0 atom stereocenters. The quantitative estimate of drug-likeness (QED) is 0.107. The molecular formula is C49H70N3O4+. The second kappa shape index (κ2) is 20.1. The molecule has 304 valence electrons. The lowest BCUT2D eigenvalue weighted by molar-refractivity contribution is -0.438. The lowest BCUT2D eigenvalue weighted by Crippen LogP contribution is -2.28. The zero-order chi connectivity index (χ0) is 40.2. The Hall–Kier alpha value is -3.78. The molecule has 1 N–H and O–H groups in total. The Morgan fingerprint density at radius 2 is 1.48 bits per heavy atom. The van der Waals surface area contributed by atoms with E-state index in [0.29, 0.717) is 51.4 Å². The average molecular weight is 765 g/mol.